The van der Waals surface area contributed by atoms with E-state index in [4.69, 9.17) is 16.3 Å². The average Bonchev–Trinajstić information content (AvgIpc) is 2.48. The Balaban J connectivity index is 2.23. The van der Waals surface area contributed by atoms with Gasteiger partial charge in [0.1, 0.15) is 10.6 Å². The molecule has 0 aliphatic carbocycles. The molecule has 0 bridgehead atoms. The number of nitrogens with two attached hydrogens (primary N) is 1. The molecule has 2 aromatic carbocycles. The van der Waals surface area contributed by atoms with Gasteiger partial charge < -0.3 is 9.92 Å². The summed E-state index contributed by atoms with van der Waals surface area (Å²) in [5.74, 6) is 2.66. The first-order valence-electron chi connectivity index (χ1n) is 5.85. The molecule has 4 nitrogen and oxygen atoms in total. The van der Waals surface area contributed by atoms with Crippen LogP contribution in [0.15, 0.2) is 53.4 Å². The van der Waals surface area contributed by atoms with Crippen molar-refractivity contribution in [3.8, 4) is 18.1 Å². The second-order valence-corrected chi connectivity index (χ2v) is 5.60. The molecule has 0 saturated carbocycles. The highest BCUT2D eigenvalue weighted by Gasteiger charge is 2.16. The van der Waals surface area contributed by atoms with Crippen LogP contribution in [0.5, 0.6) is 5.75 Å². The Morgan fingerprint density at radius 1 is 1.05 bits per heavy atom. The van der Waals surface area contributed by atoms with Gasteiger partial charge in [-0.05, 0) is 42.0 Å². The minimum absolute atomic E-state index is 0.0550. The monoisotopic (exact) mass is 287 g/mol. The molecule has 0 aliphatic heterocycles. The van der Waals surface area contributed by atoms with Crippen LogP contribution in [0.25, 0.3) is 0 Å². The van der Waals surface area contributed by atoms with Gasteiger partial charge in [-0.3, -0.25) is 0 Å². The molecule has 2 rings (SSSR count). The lowest BCUT2D eigenvalue weighted by atomic mass is 10.2. The standard InChI is InChI=1S/C15H13NO3S/c1-2-12-5-9-15(10-6-12)20(17,18)19-14-7-3-13(11-16)4-8-14/h1,3-10H,11,16H2. The molecule has 0 spiro atoms. The summed E-state index contributed by atoms with van der Waals surface area (Å²) >= 11 is 0. The molecule has 0 amide bonds. The zero-order valence-electron chi connectivity index (χ0n) is 10.6. The normalized spacial score (nSPS) is 10.8. The van der Waals surface area contributed by atoms with Crippen molar-refractivity contribution in [1.29, 1.82) is 0 Å². The molecule has 0 aliphatic rings. The summed E-state index contributed by atoms with van der Waals surface area (Å²) in [5.41, 5.74) is 6.97. The van der Waals surface area contributed by atoms with E-state index in [2.05, 4.69) is 5.92 Å². The molecular weight excluding hydrogens is 274 g/mol. The molecule has 0 saturated heterocycles. The predicted molar refractivity (Wildman–Crippen MR) is 76.5 cm³/mol. The molecule has 0 fully saturated rings. The molecule has 0 atom stereocenters. The second kappa shape index (κ2) is 5.78. The molecule has 2 N–H and O–H groups in total. The van der Waals surface area contributed by atoms with Crippen LogP contribution in [-0.4, -0.2) is 8.42 Å². The maximum atomic E-state index is 12.1. The largest absolute Gasteiger partial charge is 0.379 e. The number of hydrogen-bond acceptors (Lipinski definition) is 4. The van der Waals surface area contributed by atoms with Crippen molar-refractivity contribution in [1.82, 2.24) is 0 Å². The average molecular weight is 287 g/mol. The summed E-state index contributed by atoms with van der Waals surface area (Å²) in [4.78, 5) is 0.0550. The fourth-order valence-electron chi connectivity index (χ4n) is 1.57. The minimum atomic E-state index is -3.86. The predicted octanol–water partition coefficient (Wildman–Crippen LogP) is 1.89. The Labute approximate surface area is 118 Å². The summed E-state index contributed by atoms with van der Waals surface area (Å²) in [6, 6.07) is 12.5. The fraction of sp³-hybridized carbons (Fsp3) is 0.0667. The highest BCUT2D eigenvalue weighted by atomic mass is 32.2. The van der Waals surface area contributed by atoms with Crippen molar-refractivity contribution in [3.05, 3.63) is 59.7 Å². The number of benzene rings is 2. The van der Waals surface area contributed by atoms with Crippen molar-refractivity contribution >= 4 is 10.1 Å². The first-order chi connectivity index (χ1) is 9.55. The van der Waals surface area contributed by atoms with Crippen LogP contribution in [-0.2, 0) is 16.7 Å². The van der Waals surface area contributed by atoms with Gasteiger partial charge in [-0.2, -0.15) is 8.42 Å². The van der Waals surface area contributed by atoms with Crippen LogP contribution in [0.2, 0.25) is 0 Å². The van der Waals surface area contributed by atoms with Crippen molar-refractivity contribution in [2.75, 3.05) is 0 Å². The van der Waals surface area contributed by atoms with Crippen molar-refractivity contribution in [2.24, 2.45) is 5.73 Å². The molecule has 5 heteroatoms. The maximum absolute atomic E-state index is 12.1. The van der Waals surface area contributed by atoms with Gasteiger partial charge in [-0.15, -0.1) is 6.42 Å². The lowest BCUT2D eigenvalue weighted by molar-refractivity contribution is 0.486. The Morgan fingerprint density at radius 3 is 2.15 bits per heavy atom. The highest BCUT2D eigenvalue weighted by Crippen LogP contribution is 2.19. The minimum Gasteiger partial charge on any atom is -0.379 e. The number of hydrogen-bond donors (Lipinski definition) is 1. The number of terminal acetylenes is 1. The highest BCUT2D eigenvalue weighted by molar-refractivity contribution is 7.87. The van der Waals surface area contributed by atoms with Gasteiger partial charge in [0, 0.05) is 12.1 Å². The van der Waals surface area contributed by atoms with Crippen LogP contribution in [0.3, 0.4) is 0 Å². The van der Waals surface area contributed by atoms with E-state index in [0.717, 1.165) is 5.56 Å². The lowest BCUT2D eigenvalue weighted by Crippen LogP contribution is -2.09. The Kier molecular flexibility index (Phi) is 4.08. The summed E-state index contributed by atoms with van der Waals surface area (Å²) in [5, 5.41) is 0. The third-order valence-corrected chi connectivity index (χ3v) is 3.94. The smallest absolute Gasteiger partial charge is 0.339 e. The third-order valence-electron chi connectivity index (χ3n) is 2.67. The Hall–Kier alpha value is -2.29. The van der Waals surface area contributed by atoms with E-state index in [1.807, 2.05) is 0 Å². The van der Waals surface area contributed by atoms with Gasteiger partial charge in [0.2, 0.25) is 0 Å². The topological polar surface area (TPSA) is 69.4 Å². The summed E-state index contributed by atoms with van der Waals surface area (Å²) in [6.45, 7) is 0.389. The SMILES string of the molecule is C#Cc1ccc(S(=O)(=O)Oc2ccc(CN)cc2)cc1. The second-order valence-electron chi connectivity index (χ2n) is 4.05. The summed E-state index contributed by atoms with van der Waals surface area (Å²) in [7, 11) is -3.86. The molecule has 0 heterocycles. The molecule has 0 radical (unpaired) electrons. The van der Waals surface area contributed by atoms with Crippen LogP contribution < -0.4 is 9.92 Å². The Bertz CT molecular complexity index is 726. The lowest BCUT2D eigenvalue weighted by Gasteiger charge is -2.07. The van der Waals surface area contributed by atoms with E-state index in [9.17, 15) is 8.42 Å². The van der Waals surface area contributed by atoms with Crippen LogP contribution in [0.1, 0.15) is 11.1 Å². The maximum Gasteiger partial charge on any atom is 0.339 e. The van der Waals surface area contributed by atoms with E-state index in [-0.39, 0.29) is 10.6 Å². The first kappa shape index (κ1) is 14.1. The van der Waals surface area contributed by atoms with Crippen molar-refractivity contribution < 1.29 is 12.6 Å². The van der Waals surface area contributed by atoms with Crippen LogP contribution in [0.4, 0.5) is 0 Å². The van der Waals surface area contributed by atoms with Gasteiger partial charge in [0.25, 0.3) is 0 Å². The fourth-order valence-corrected chi connectivity index (χ4v) is 2.50. The van der Waals surface area contributed by atoms with E-state index in [0.29, 0.717) is 12.1 Å². The van der Waals surface area contributed by atoms with Crippen molar-refractivity contribution in [3.63, 3.8) is 0 Å². The van der Waals surface area contributed by atoms with Gasteiger partial charge in [0.15, 0.2) is 0 Å². The summed E-state index contributed by atoms with van der Waals surface area (Å²) in [6.07, 6.45) is 5.22. The number of rotatable bonds is 4. The van der Waals surface area contributed by atoms with Gasteiger partial charge >= 0.3 is 10.1 Å². The summed E-state index contributed by atoms with van der Waals surface area (Å²) < 4.78 is 29.2. The van der Waals surface area contributed by atoms with E-state index in [1.54, 1.807) is 36.4 Å². The molecule has 2 aromatic rings. The molecular formula is C15H13NO3S. The molecule has 102 valence electrons. The Morgan fingerprint density at radius 2 is 1.65 bits per heavy atom. The molecule has 0 unspecified atom stereocenters. The zero-order chi connectivity index (χ0) is 14.6. The van der Waals surface area contributed by atoms with E-state index in [1.165, 1.54) is 12.1 Å². The molecule has 0 aromatic heterocycles. The third kappa shape index (κ3) is 3.18. The van der Waals surface area contributed by atoms with Crippen LogP contribution >= 0.6 is 0 Å². The van der Waals surface area contributed by atoms with Crippen molar-refractivity contribution in [2.45, 2.75) is 11.4 Å². The first-order valence-corrected chi connectivity index (χ1v) is 7.26. The molecule has 20 heavy (non-hydrogen) atoms. The zero-order valence-corrected chi connectivity index (χ0v) is 11.4. The van der Waals surface area contributed by atoms with Crippen LogP contribution in [0, 0.1) is 12.3 Å². The quantitative estimate of drug-likeness (QED) is 0.688. The van der Waals surface area contributed by atoms with Gasteiger partial charge in [-0.25, -0.2) is 0 Å². The van der Waals surface area contributed by atoms with E-state index < -0.39 is 10.1 Å². The van der Waals surface area contributed by atoms with Gasteiger partial charge in [0.05, 0.1) is 0 Å². The van der Waals surface area contributed by atoms with E-state index >= 15 is 0 Å². The van der Waals surface area contributed by atoms with Gasteiger partial charge in [-0.1, -0.05) is 18.1 Å².